The molecule has 0 unspecified atom stereocenters. The molecule has 0 heterocycles. The first kappa shape index (κ1) is 27.7. The van der Waals surface area contributed by atoms with E-state index < -0.39 is 42.1 Å². The number of nitrogens with two attached hydrogens (primary N) is 1. The van der Waals surface area contributed by atoms with Crippen LogP contribution in [0.4, 0.5) is 46.9 Å². The first-order chi connectivity index (χ1) is 16.1. The molecule has 14 heteroatoms. The number of carbonyl (C=O) groups excluding carboxylic acids is 2. The van der Waals surface area contributed by atoms with Crippen LogP contribution in [0, 0.1) is 6.92 Å². The first-order valence-corrected chi connectivity index (χ1v) is 9.58. The van der Waals surface area contributed by atoms with E-state index in [0.717, 1.165) is 14.0 Å². The third-order valence-corrected chi connectivity index (χ3v) is 4.86. The number of para-hydroxylation sites is 1. The molecule has 0 spiro atoms. The van der Waals surface area contributed by atoms with Crippen LogP contribution in [0.15, 0.2) is 30.3 Å². The predicted molar refractivity (Wildman–Crippen MR) is 111 cm³/mol. The molecule has 0 fully saturated rings. The van der Waals surface area contributed by atoms with Gasteiger partial charge in [0.2, 0.25) is 0 Å². The van der Waals surface area contributed by atoms with Gasteiger partial charge in [-0.05, 0) is 30.7 Å². The van der Waals surface area contributed by atoms with Crippen LogP contribution < -0.4 is 21.1 Å². The topological polar surface area (TPSA) is 103 Å². The van der Waals surface area contributed by atoms with Crippen LogP contribution in [0.25, 0.3) is 0 Å². The Kier molecular flexibility index (Phi) is 7.89. The molecule has 3 amide bonds. The summed E-state index contributed by atoms with van der Waals surface area (Å²) in [6, 6.07) is 3.72. The van der Waals surface area contributed by atoms with E-state index in [1.54, 1.807) is 0 Å². The summed E-state index contributed by atoms with van der Waals surface area (Å²) in [7, 11) is 2.29. The highest BCUT2D eigenvalue weighted by Crippen LogP contribution is 2.54. The number of primary amides is 1. The molecule has 35 heavy (non-hydrogen) atoms. The summed E-state index contributed by atoms with van der Waals surface area (Å²) >= 11 is 0. The third-order valence-electron chi connectivity index (χ3n) is 4.86. The molecule has 2 rings (SSSR count). The van der Waals surface area contributed by atoms with Gasteiger partial charge in [0.1, 0.15) is 0 Å². The van der Waals surface area contributed by atoms with Crippen LogP contribution in [-0.2, 0) is 17.0 Å². The fourth-order valence-corrected chi connectivity index (χ4v) is 3.34. The molecule has 0 aliphatic rings. The van der Waals surface area contributed by atoms with Crippen LogP contribution >= 0.6 is 0 Å². The Balaban J connectivity index is 2.61. The van der Waals surface area contributed by atoms with Crippen molar-refractivity contribution in [1.82, 2.24) is 0 Å². The fraction of sp³-hybridized carbons (Fsp3) is 0.333. The largest absolute Gasteiger partial charge is 0.494 e. The highest BCUT2D eigenvalue weighted by atomic mass is 19.4. The van der Waals surface area contributed by atoms with E-state index in [0.29, 0.717) is 12.1 Å². The van der Waals surface area contributed by atoms with Gasteiger partial charge in [-0.2, -0.15) is 26.3 Å². The van der Waals surface area contributed by atoms with Gasteiger partial charge in [0, 0.05) is 23.9 Å². The number of rotatable bonds is 7. The van der Waals surface area contributed by atoms with Gasteiger partial charge in [-0.25, -0.2) is 9.18 Å². The lowest BCUT2D eigenvalue weighted by atomic mass is 9.90. The minimum Gasteiger partial charge on any atom is -0.494 e. The number of halogens is 7. The Morgan fingerprint density at radius 1 is 0.971 bits per heavy atom. The Hall–Kier alpha value is -3.55. The van der Waals surface area contributed by atoms with Gasteiger partial charge in [0.05, 0.1) is 25.0 Å². The Bertz CT molecular complexity index is 1100. The maximum atomic E-state index is 14.6. The lowest BCUT2D eigenvalue weighted by Gasteiger charge is -2.31. The zero-order chi connectivity index (χ0) is 26.8. The van der Waals surface area contributed by atoms with Crippen LogP contribution in [-0.4, -0.2) is 38.5 Å². The van der Waals surface area contributed by atoms with Crippen LogP contribution in [0.5, 0.6) is 5.75 Å². The number of ether oxygens (including phenoxy) is 2. The van der Waals surface area contributed by atoms with Gasteiger partial charge in [-0.1, -0.05) is 12.1 Å². The second-order valence-corrected chi connectivity index (χ2v) is 7.24. The van der Waals surface area contributed by atoms with E-state index in [1.165, 1.54) is 25.3 Å². The zero-order valence-electron chi connectivity index (χ0n) is 18.4. The molecule has 2 aromatic carbocycles. The van der Waals surface area contributed by atoms with Gasteiger partial charge < -0.3 is 25.8 Å². The highest BCUT2D eigenvalue weighted by molar-refractivity contribution is 6.08. The number of urea groups is 1. The summed E-state index contributed by atoms with van der Waals surface area (Å²) in [4.78, 5) is 24.1. The number of hydrogen-bond donors (Lipinski definition) is 3. The van der Waals surface area contributed by atoms with Crippen molar-refractivity contribution in [2.75, 3.05) is 24.9 Å². The van der Waals surface area contributed by atoms with E-state index >= 15 is 0 Å². The van der Waals surface area contributed by atoms with Crippen molar-refractivity contribution in [2.45, 2.75) is 31.6 Å². The quantitative estimate of drug-likeness (QED) is 0.446. The van der Waals surface area contributed by atoms with Crippen LogP contribution in [0.3, 0.4) is 0 Å². The average molecular weight is 511 g/mol. The number of carbonyl (C=O) groups is 2. The van der Waals surface area contributed by atoms with Crippen molar-refractivity contribution in [3.63, 3.8) is 0 Å². The number of methoxy groups -OCH3 is 2. The Labute approximate surface area is 194 Å². The highest BCUT2D eigenvalue weighted by Gasteiger charge is 2.73. The molecule has 7 nitrogen and oxygen atoms in total. The maximum Gasteiger partial charge on any atom is 0.435 e. The monoisotopic (exact) mass is 511 g/mol. The first-order valence-electron chi connectivity index (χ1n) is 9.58. The second kappa shape index (κ2) is 9.98. The molecule has 0 aliphatic heterocycles. The molecular formula is C21H20F7N3O4. The van der Waals surface area contributed by atoms with Gasteiger partial charge in [-0.15, -0.1) is 0 Å². The summed E-state index contributed by atoms with van der Waals surface area (Å²) in [5.74, 6) is -1.02. The van der Waals surface area contributed by atoms with E-state index in [-0.39, 0.29) is 33.8 Å². The number of alkyl halides is 7. The number of anilines is 2. The van der Waals surface area contributed by atoms with Crippen LogP contribution in [0.2, 0.25) is 0 Å². The molecule has 0 aromatic heterocycles. The van der Waals surface area contributed by atoms with E-state index in [2.05, 4.69) is 10.6 Å². The SMILES string of the molecule is COCc1cc(C(F)(C(F)(F)F)C(F)(F)F)cc(C)c1NC(=O)c1cccc(NC(N)=O)c1OC. The average Bonchev–Trinajstić information content (AvgIpc) is 2.73. The molecule has 0 saturated heterocycles. The number of amides is 3. The van der Waals surface area contributed by atoms with Crippen molar-refractivity contribution in [3.8, 4) is 5.75 Å². The van der Waals surface area contributed by atoms with E-state index in [9.17, 15) is 40.3 Å². The van der Waals surface area contributed by atoms with E-state index in [4.69, 9.17) is 15.2 Å². The molecular weight excluding hydrogens is 491 g/mol. The predicted octanol–water partition coefficient (Wildman–Crippen LogP) is 5.18. The van der Waals surface area contributed by atoms with Gasteiger partial charge in [0.25, 0.3) is 5.91 Å². The number of hydrogen-bond acceptors (Lipinski definition) is 4. The minimum atomic E-state index is -6.31. The van der Waals surface area contributed by atoms with Crippen molar-refractivity contribution in [1.29, 1.82) is 0 Å². The Morgan fingerprint density at radius 2 is 1.57 bits per heavy atom. The van der Waals surface area contributed by atoms with Gasteiger partial charge in [0.15, 0.2) is 5.75 Å². The van der Waals surface area contributed by atoms with Gasteiger partial charge >= 0.3 is 24.1 Å². The lowest BCUT2D eigenvalue weighted by molar-refractivity contribution is -0.348. The second-order valence-electron chi connectivity index (χ2n) is 7.24. The molecule has 0 bridgehead atoms. The van der Waals surface area contributed by atoms with Crippen molar-refractivity contribution < 1.29 is 49.8 Å². The molecule has 4 N–H and O–H groups in total. The van der Waals surface area contributed by atoms with Crippen molar-refractivity contribution >= 4 is 23.3 Å². The molecule has 2 aromatic rings. The third kappa shape index (κ3) is 5.42. The number of nitrogens with one attached hydrogen (secondary N) is 2. The summed E-state index contributed by atoms with van der Waals surface area (Å²) in [5, 5.41) is 4.60. The van der Waals surface area contributed by atoms with Crippen LogP contribution in [0.1, 0.15) is 27.0 Å². The fourth-order valence-electron chi connectivity index (χ4n) is 3.34. The van der Waals surface area contributed by atoms with Crippen molar-refractivity contribution in [3.05, 3.63) is 52.6 Å². The van der Waals surface area contributed by atoms with Crippen molar-refractivity contribution in [2.24, 2.45) is 5.73 Å². The lowest BCUT2D eigenvalue weighted by Crippen LogP contribution is -2.50. The smallest absolute Gasteiger partial charge is 0.435 e. The number of benzene rings is 2. The Morgan fingerprint density at radius 3 is 2.06 bits per heavy atom. The summed E-state index contributed by atoms with van der Waals surface area (Å²) in [5.41, 5.74) is -3.30. The molecule has 0 aliphatic carbocycles. The molecule has 0 atom stereocenters. The van der Waals surface area contributed by atoms with E-state index in [1.807, 2.05) is 0 Å². The standard InChI is InChI=1S/C21H20F7N3O4/c1-10-7-12(19(22,20(23,24)25)21(26,27)28)8-11(9-34-2)15(10)31-17(32)13-5-4-6-14(16(13)35-3)30-18(29)33/h4-8H,9H2,1-3H3,(H,31,32)(H3,29,30,33). The molecule has 192 valence electrons. The minimum absolute atomic E-state index is 0.0226. The summed E-state index contributed by atoms with van der Waals surface area (Å²) in [6.07, 6.45) is -12.6. The number of aryl methyl sites for hydroxylation is 1. The normalized spacial score (nSPS) is 12.3. The zero-order valence-corrected chi connectivity index (χ0v) is 18.4. The summed E-state index contributed by atoms with van der Waals surface area (Å²) < 4.78 is 104. The van der Waals surface area contributed by atoms with Gasteiger partial charge in [-0.3, -0.25) is 4.79 Å². The maximum absolute atomic E-state index is 14.6. The molecule has 0 saturated carbocycles. The molecule has 0 radical (unpaired) electrons. The summed E-state index contributed by atoms with van der Waals surface area (Å²) in [6.45, 7) is 0.532.